The lowest BCUT2D eigenvalue weighted by atomic mass is 10.1. The summed E-state index contributed by atoms with van der Waals surface area (Å²) in [7, 11) is 0. The van der Waals surface area contributed by atoms with Crippen LogP contribution >= 0.6 is 0 Å². The number of nitrogens with two attached hydrogens (primary N) is 1. The molecule has 0 aliphatic heterocycles. The van der Waals surface area contributed by atoms with E-state index in [1.165, 1.54) is 12.1 Å². The molecular formula is C13H14FN3. The molecule has 3 nitrogen and oxygen atoms in total. The normalized spacial score (nSPS) is 10.5. The zero-order chi connectivity index (χ0) is 12.1. The number of aromatic nitrogens is 2. The lowest BCUT2D eigenvalue weighted by molar-refractivity contribution is 0.628. The van der Waals surface area contributed by atoms with Gasteiger partial charge in [0.1, 0.15) is 11.6 Å². The van der Waals surface area contributed by atoms with Crippen molar-refractivity contribution in [2.24, 2.45) is 5.73 Å². The molecule has 2 N–H and O–H groups in total. The highest BCUT2D eigenvalue weighted by Crippen LogP contribution is 2.18. The Morgan fingerprint density at radius 3 is 2.53 bits per heavy atom. The SMILES string of the molecule is NCCCc1ncc(-c2cccc(F)c2)cn1. The van der Waals surface area contributed by atoms with Gasteiger partial charge >= 0.3 is 0 Å². The molecule has 1 aromatic heterocycles. The molecular weight excluding hydrogens is 217 g/mol. The highest BCUT2D eigenvalue weighted by Gasteiger charge is 2.01. The summed E-state index contributed by atoms with van der Waals surface area (Å²) < 4.78 is 13.0. The fourth-order valence-electron chi connectivity index (χ4n) is 1.56. The number of nitrogens with zero attached hydrogens (tertiary/aromatic N) is 2. The minimum atomic E-state index is -0.255. The van der Waals surface area contributed by atoms with E-state index in [1.807, 2.05) is 6.07 Å². The maximum absolute atomic E-state index is 13.0. The first-order valence-electron chi connectivity index (χ1n) is 5.56. The molecule has 0 spiro atoms. The van der Waals surface area contributed by atoms with Crippen molar-refractivity contribution in [3.63, 3.8) is 0 Å². The smallest absolute Gasteiger partial charge is 0.128 e. The molecule has 1 aromatic carbocycles. The Bertz CT molecular complexity index is 482. The highest BCUT2D eigenvalue weighted by molar-refractivity contribution is 5.61. The summed E-state index contributed by atoms with van der Waals surface area (Å²) in [6, 6.07) is 6.40. The third kappa shape index (κ3) is 3.07. The minimum absolute atomic E-state index is 0.255. The van der Waals surface area contributed by atoms with Crippen LogP contribution in [0, 0.1) is 5.82 Å². The van der Waals surface area contributed by atoms with Gasteiger partial charge in [-0.2, -0.15) is 0 Å². The molecule has 2 rings (SSSR count). The second-order valence-electron chi connectivity index (χ2n) is 3.79. The summed E-state index contributed by atoms with van der Waals surface area (Å²) in [5, 5.41) is 0. The molecule has 0 radical (unpaired) electrons. The lowest BCUT2D eigenvalue weighted by Gasteiger charge is -2.02. The summed E-state index contributed by atoms with van der Waals surface area (Å²) in [5.74, 6) is 0.519. The van der Waals surface area contributed by atoms with E-state index in [2.05, 4.69) is 9.97 Å². The van der Waals surface area contributed by atoms with Gasteiger partial charge in [0.2, 0.25) is 0 Å². The summed E-state index contributed by atoms with van der Waals surface area (Å²) >= 11 is 0. The van der Waals surface area contributed by atoms with Crippen LogP contribution in [0.4, 0.5) is 4.39 Å². The number of rotatable bonds is 4. The molecule has 17 heavy (non-hydrogen) atoms. The second-order valence-corrected chi connectivity index (χ2v) is 3.79. The fourth-order valence-corrected chi connectivity index (χ4v) is 1.56. The van der Waals surface area contributed by atoms with Crippen molar-refractivity contribution in [1.82, 2.24) is 9.97 Å². The Morgan fingerprint density at radius 1 is 1.12 bits per heavy atom. The van der Waals surface area contributed by atoms with E-state index in [0.717, 1.165) is 29.8 Å². The monoisotopic (exact) mass is 231 g/mol. The van der Waals surface area contributed by atoms with Crippen molar-refractivity contribution in [3.8, 4) is 11.1 Å². The molecule has 0 amide bonds. The molecule has 1 heterocycles. The molecule has 88 valence electrons. The fraction of sp³-hybridized carbons (Fsp3) is 0.231. The number of hydrogen-bond acceptors (Lipinski definition) is 3. The van der Waals surface area contributed by atoms with Crippen molar-refractivity contribution < 1.29 is 4.39 Å². The van der Waals surface area contributed by atoms with E-state index in [9.17, 15) is 4.39 Å². The predicted molar refractivity (Wildman–Crippen MR) is 64.8 cm³/mol. The van der Waals surface area contributed by atoms with Crippen LogP contribution in [0.1, 0.15) is 12.2 Å². The average Bonchev–Trinajstić information content (AvgIpc) is 2.37. The third-order valence-electron chi connectivity index (χ3n) is 2.47. The van der Waals surface area contributed by atoms with Crippen LogP contribution in [-0.4, -0.2) is 16.5 Å². The Labute approximate surface area is 99.5 Å². The van der Waals surface area contributed by atoms with Gasteiger partial charge in [-0.1, -0.05) is 12.1 Å². The Kier molecular flexibility index (Phi) is 3.77. The minimum Gasteiger partial charge on any atom is -0.330 e. The molecule has 2 aromatic rings. The third-order valence-corrected chi connectivity index (χ3v) is 2.47. The summed E-state index contributed by atoms with van der Waals surface area (Å²) in [5.41, 5.74) is 7.02. The van der Waals surface area contributed by atoms with E-state index in [-0.39, 0.29) is 5.82 Å². The van der Waals surface area contributed by atoms with Gasteiger partial charge in [-0.15, -0.1) is 0 Å². The van der Waals surface area contributed by atoms with Crippen LogP contribution in [0.5, 0.6) is 0 Å². The van der Waals surface area contributed by atoms with Crippen molar-refractivity contribution in [2.75, 3.05) is 6.54 Å². The van der Waals surface area contributed by atoms with Crippen molar-refractivity contribution in [3.05, 3.63) is 48.3 Å². The van der Waals surface area contributed by atoms with Crippen LogP contribution in [-0.2, 0) is 6.42 Å². The Hall–Kier alpha value is -1.81. The number of hydrogen-bond donors (Lipinski definition) is 1. The van der Waals surface area contributed by atoms with Gasteiger partial charge < -0.3 is 5.73 Å². The van der Waals surface area contributed by atoms with E-state index < -0.39 is 0 Å². The van der Waals surface area contributed by atoms with Crippen LogP contribution in [0.15, 0.2) is 36.7 Å². The van der Waals surface area contributed by atoms with Crippen LogP contribution in [0.25, 0.3) is 11.1 Å². The quantitative estimate of drug-likeness (QED) is 0.877. The average molecular weight is 231 g/mol. The maximum atomic E-state index is 13.0. The molecule has 0 saturated carbocycles. The van der Waals surface area contributed by atoms with Crippen molar-refractivity contribution in [2.45, 2.75) is 12.8 Å². The molecule has 0 aliphatic carbocycles. The standard InChI is InChI=1S/C13H14FN3/c14-12-4-1-3-10(7-12)11-8-16-13(17-9-11)5-2-6-15/h1,3-4,7-9H,2,5-6,15H2. The zero-order valence-electron chi connectivity index (χ0n) is 9.44. The van der Waals surface area contributed by atoms with E-state index >= 15 is 0 Å². The number of aryl methyl sites for hydroxylation is 1. The predicted octanol–water partition coefficient (Wildman–Crippen LogP) is 2.17. The lowest BCUT2D eigenvalue weighted by Crippen LogP contribution is -2.03. The van der Waals surface area contributed by atoms with Crippen LogP contribution < -0.4 is 5.73 Å². The molecule has 0 unspecified atom stereocenters. The first-order chi connectivity index (χ1) is 8.29. The molecule has 0 bridgehead atoms. The second kappa shape index (κ2) is 5.50. The van der Waals surface area contributed by atoms with Gasteiger partial charge in [0, 0.05) is 24.4 Å². The maximum Gasteiger partial charge on any atom is 0.128 e. The topological polar surface area (TPSA) is 51.8 Å². The summed E-state index contributed by atoms with van der Waals surface area (Å²) in [6.07, 6.45) is 5.08. The number of halogens is 1. The Morgan fingerprint density at radius 2 is 1.88 bits per heavy atom. The first-order valence-corrected chi connectivity index (χ1v) is 5.56. The molecule has 0 atom stereocenters. The Balaban J connectivity index is 2.17. The van der Waals surface area contributed by atoms with Gasteiger partial charge in [-0.3, -0.25) is 0 Å². The summed E-state index contributed by atoms with van der Waals surface area (Å²) in [6.45, 7) is 0.634. The van der Waals surface area contributed by atoms with Gasteiger partial charge in [0.15, 0.2) is 0 Å². The van der Waals surface area contributed by atoms with Gasteiger partial charge in [0.25, 0.3) is 0 Å². The van der Waals surface area contributed by atoms with Gasteiger partial charge in [-0.05, 0) is 30.7 Å². The van der Waals surface area contributed by atoms with Crippen LogP contribution in [0.3, 0.4) is 0 Å². The largest absolute Gasteiger partial charge is 0.330 e. The summed E-state index contributed by atoms with van der Waals surface area (Å²) in [4.78, 5) is 8.47. The zero-order valence-corrected chi connectivity index (χ0v) is 9.44. The van der Waals surface area contributed by atoms with E-state index in [1.54, 1.807) is 18.5 Å². The van der Waals surface area contributed by atoms with Crippen molar-refractivity contribution in [1.29, 1.82) is 0 Å². The number of benzene rings is 1. The first kappa shape index (κ1) is 11.7. The van der Waals surface area contributed by atoms with Crippen LogP contribution in [0.2, 0.25) is 0 Å². The van der Waals surface area contributed by atoms with E-state index in [4.69, 9.17) is 5.73 Å². The van der Waals surface area contributed by atoms with Gasteiger partial charge in [-0.25, -0.2) is 14.4 Å². The molecule has 0 fully saturated rings. The molecule has 4 heteroatoms. The molecule has 0 aliphatic rings. The molecule has 0 saturated heterocycles. The highest BCUT2D eigenvalue weighted by atomic mass is 19.1. The van der Waals surface area contributed by atoms with E-state index in [0.29, 0.717) is 6.54 Å². The van der Waals surface area contributed by atoms with Crippen molar-refractivity contribution >= 4 is 0 Å². The van der Waals surface area contributed by atoms with Gasteiger partial charge in [0.05, 0.1) is 0 Å².